The van der Waals surface area contributed by atoms with Crippen molar-refractivity contribution in [3.8, 4) is 11.5 Å². The molecule has 2 aliphatic heterocycles. The first kappa shape index (κ1) is 18.1. The summed E-state index contributed by atoms with van der Waals surface area (Å²) in [6.45, 7) is 0.657. The molecule has 2 aromatic rings. The Balaban J connectivity index is 1.39. The summed E-state index contributed by atoms with van der Waals surface area (Å²) in [5.41, 5.74) is 0.895. The summed E-state index contributed by atoms with van der Waals surface area (Å²) in [6.07, 6.45) is -3.15. The van der Waals surface area contributed by atoms with E-state index in [9.17, 15) is 22.8 Å². The van der Waals surface area contributed by atoms with Crippen molar-refractivity contribution in [1.82, 2.24) is 4.90 Å². The summed E-state index contributed by atoms with van der Waals surface area (Å²) in [4.78, 5) is 26.0. The van der Waals surface area contributed by atoms with Crippen molar-refractivity contribution in [3.63, 3.8) is 0 Å². The minimum Gasteiger partial charge on any atom is -0.395 e. The lowest BCUT2D eigenvalue weighted by Crippen LogP contribution is -2.38. The molecule has 2 aromatic carbocycles. The molecule has 1 fully saturated rings. The summed E-state index contributed by atoms with van der Waals surface area (Å²) >= 11 is 0. The predicted octanol–water partition coefficient (Wildman–Crippen LogP) is 3.10. The van der Waals surface area contributed by atoms with Gasteiger partial charge in [-0.25, -0.2) is 4.39 Å². The molecule has 0 spiro atoms. The van der Waals surface area contributed by atoms with Crippen LogP contribution in [0.15, 0.2) is 42.5 Å². The molecule has 0 bridgehead atoms. The zero-order valence-corrected chi connectivity index (χ0v) is 14.5. The van der Waals surface area contributed by atoms with E-state index in [-0.39, 0.29) is 28.9 Å². The van der Waals surface area contributed by atoms with E-state index in [1.807, 2.05) is 0 Å². The number of benzene rings is 2. The van der Waals surface area contributed by atoms with Gasteiger partial charge in [-0.2, -0.15) is 0 Å². The summed E-state index contributed by atoms with van der Waals surface area (Å²) in [6, 6.07) is 9.84. The predicted molar refractivity (Wildman–Crippen MR) is 91.6 cm³/mol. The van der Waals surface area contributed by atoms with Crippen molar-refractivity contribution in [1.29, 1.82) is 0 Å². The molecule has 1 unspecified atom stereocenters. The minimum atomic E-state index is -3.76. The molecule has 1 saturated heterocycles. The molecule has 28 heavy (non-hydrogen) atoms. The normalized spacial score (nSPS) is 19.5. The molecule has 4 rings (SSSR count). The molecule has 0 aromatic heterocycles. The SMILES string of the molecule is O=C(Nc1ccc2c(c1)OC(F)(F)O2)C(=O)N1CCC(c2cccc(F)c2)C1. The third-order valence-electron chi connectivity index (χ3n) is 4.65. The number of hydrogen-bond acceptors (Lipinski definition) is 4. The smallest absolute Gasteiger partial charge is 0.395 e. The maximum atomic E-state index is 13.4. The second kappa shape index (κ2) is 6.74. The van der Waals surface area contributed by atoms with Gasteiger partial charge in [-0.05, 0) is 36.2 Å². The fourth-order valence-corrected chi connectivity index (χ4v) is 3.33. The van der Waals surface area contributed by atoms with Crippen molar-refractivity contribution in [3.05, 3.63) is 53.8 Å². The maximum Gasteiger partial charge on any atom is 0.586 e. The van der Waals surface area contributed by atoms with Gasteiger partial charge >= 0.3 is 18.1 Å². The van der Waals surface area contributed by atoms with E-state index in [1.54, 1.807) is 12.1 Å². The average molecular weight is 392 g/mol. The Labute approximate surface area is 157 Å². The number of nitrogens with one attached hydrogen (secondary N) is 1. The summed E-state index contributed by atoms with van der Waals surface area (Å²) in [5, 5.41) is 2.37. The summed E-state index contributed by atoms with van der Waals surface area (Å²) < 4.78 is 48.1. The van der Waals surface area contributed by atoms with Crippen LogP contribution in [0.5, 0.6) is 11.5 Å². The van der Waals surface area contributed by atoms with Crippen LogP contribution in [-0.4, -0.2) is 36.1 Å². The van der Waals surface area contributed by atoms with Gasteiger partial charge in [0.2, 0.25) is 0 Å². The fourth-order valence-electron chi connectivity index (χ4n) is 3.33. The standard InChI is InChI=1S/C19H15F3N2O4/c20-13-3-1-2-11(8-13)12-6-7-24(10-12)18(26)17(25)23-14-4-5-15-16(9-14)28-19(21,22)27-15/h1-5,8-9,12H,6-7,10H2,(H,23,25). The third kappa shape index (κ3) is 3.60. The molecule has 2 heterocycles. The van der Waals surface area contributed by atoms with Crippen LogP contribution in [0.3, 0.4) is 0 Å². The number of likely N-dealkylation sites (tertiary alicyclic amines) is 1. The molecule has 6 nitrogen and oxygen atoms in total. The number of nitrogens with zero attached hydrogens (tertiary/aromatic N) is 1. The molecule has 146 valence electrons. The molecule has 1 N–H and O–H groups in total. The number of fused-ring (bicyclic) bond motifs is 1. The van der Waals surface area contributed by atoms with Crippen LogP contribution in [0.1, 0.15) is 17.9 Å². The van der Waals surface area contributed by atoms with Crippen molar-refractivity contribution >= 4 is 17.5 Å². The van der Waals surface area contributed by atoms with E-state index in [0.717, 1.165) is 11.6 Å². The second-order valence-electron chi connectivity index (χ2n) is 6.57. The van der Waals surface area contributed by atoms with E-state index in [2.05, 4.69) is 14.8 Å². The molecule has 1 atom stereocenters. The number of ether oxygens (including phenoxy) is 2. The number of carbonyl (C=O) groups is 2. The highest BCUT2D eigenvalue weighted by molar-refractivity contribution is 6.39. The van der Waals surface area contributed by atoms with Crippen LogP contribution < -0.4 is 14.8 Å². The Morgan fingerprint density at radius 1 is 1.11 bits per heavy atom. The Morgan fingerprint density at radius 3 is 2.68 bits per heavy atom. The van der Waals surface area contributed by atoms with Crippen LogP contribution in [0.4, 0.5) is 18.9 Å². The maximum absolute atomic E-state index is 13.4. The van der Waals surface area contributed by atoms with Crippen LogP contribution in [-0.2, 0) is 9.59 Å². The van der Waals surface area contributed by atoms with Crippen molar-refractivity contribution < 1.29 is 32.2 Å². The molecular formula is C19H15F3N2O4. The monoisotopic (exact) mass is 392 g/mol. The van der Waals surface area contributed by atoms with Crippen LogP contribution in [0.2, 0.25) is 0 Å². The molecule has 0 saturated carbocycles. The molecule has 2 amide bonds. The fraction of sp³-hybridized carbons (Fsp3) is 0.263. The van der Waals surface area contributed by atoms with Gasteiger partial charge in [0.15, 0.2) is 11.5 Å². The molecule has 9 heteroatoms. The van der Waals surface area contributed by atoms with Gasteiger partial charge in [0.1, 0.15) is 5.82 Å². The van der Waals surface area contributed by atoms with Crippen LogP contribution >= 0.6 is 0 Å². The molecule has 0 aliphatic carbocycles. The molecular weight excluding hydrogens is 377 g/mol. The number of rotatable bonds is 2. The van der Waals surface area contributed by atoms with Gasteiger partial charge in [0.25, 0.3) is 0 Å². The number of hydrogen-bond donors (Lipinski definition) is 1. The van der Waals surface area contributed by atoms with Gasteiger partial charge in [-0.3, -0.25) is 9.59 Å². The number of carbonyl (C=O) groups excluding carboxylic acids is 2. The van der Waals surface area contributed by atoms with Gasteiger partial charge in [-0.15, -0.1) is 8.78 Å². The van der Waals surface area contributed by atoms with Crippen molar-refractivity contribution in [2.75, 3.05) is 18.4 Å². The second-order valence-corrected chi connectivity index (χ2v) is 6.57. The van der Waals surface area contributed by atoms with Crippen LogP contribution in [0, 0.1) is 5.82 Å². The van der Waals surface area contributed by atoms with Gasteiger partial charge in [-0.1, -0.05) is 12.1 Å². The Kier molecular flexibility index (Phi) is 4.37. The number of halogens is 3. The Bertz CT molecular complexity index is 951. The van der Waals surface area contributed by atoms with E-state index in [4.69, 9.17) is 0 Å². The summed E-state index contributed by atoms with van der Waals surface area (Å²) in [7, 11) is 0. The highest BCUT2D eigenvalue weighted by Gasteiger charge is 2.43. The van der Waals surface area contributed by atoms with Crippen LogP contribution in [0.25, 0.3) is 0 Å². The van der Waals surface area contributed by atoms with E-state index < -0.39 is 18.1 Å². The van der Waals surface area contributed by atoms with Crippen molar-refractivity contribution in [2.45, 2.75) is 18.6 Å². The van der Waals surface area contributed by atoms with E-state index in [1.165, 1.54) is 29.2 Å². The first-order chi connectivity index (χ1) is 13.3. The molecule has 0 radical (unpaired) electrons. The van der Waals surface area contributed by atoms with Gasteiger partial charge < -0.3 is 19.7 Å². The number of anilines is 1. The Morgan fingerprint density at radius 2 is 1.89 bits per heavy atom. The van der Waals surface area contributed by atoms with Gasteiger partial charge in [0.05, 0.1) is 0 Å². The topological polar surface area (TPSA) is 67.9 Å². The highest BCUT2D eigenvalue weighted by atomic mass is 19.3. The zero-order chi connectivity index (χ0) is 19.9. The quantitative estimate of drug-likeness (QED) is 0.798. The van der Waals surface area contributed by atoms with Crippen molar-refractivity contribution in [2.24, 2.45) is 0 Å². The summed E-state index contributed by atoms with van der Waals surface area (Å²) in [5.74, 6) is -2.45. The lowest BCUT2D eigenvalue weighted by Gasteiger charge is -2.16. The third-order valence-corrected chi connectivity index (χ3v) is 4.65. The van der Waals surface area contributed by atoms with Gasteiger partial charge in [0, 0.05) is 30.8 Å². The highest BCUT2D eigenvalue weighted by Crippen LogP contribution is 2.42. The minimum absolute atomic E-state index is 0.0553. The number of amides is 2. The number of alkyl halides is 2. The zero-order valence-electron chi connectivity index (χ0n) is 14.5. The van der Waals surface area contributed by atoms with E-state index >= 15 is 0 Å². The lowest BCUT2D eigenvalue weighted by atomic mass is 9.98. The lowest BCUT2D eigenvalue weighted by molar-refractivity contribution is -0.286. The molecule has 2 aliphatic rings. The first-order valence-electron chi connectivity index (χ1n) is 8.56. The van der Waals surface area contributed by atoms with E-state index in [0.29, 0.717) is 19.5 Å². The average Bonchev–Trinajstić information content (AvgIpc) is 3.24. The largest absolute Gasteiger partial charge is 0.586 e. The Hall–Kier alpha value is -3.23. The first-order valence-corrected chi connectivity index (χ1v) is 8.56.